The van der Waals surface area contributed by atoms with Crippen LogP contribution in [0.3, 0.4) is 0 Å². The fourth-order valence-corrected chi connectivity index (χ4v) is 3.72. The average molecular weight is 515 g/mol. The predicted molar refractivity (Wildman–Crippen MR) is 163 cm³/mol. The molecule has 204 valence electrons. The number of carbonyl (C=O) groups excluding carboxylic acids is 2. The Morgan fingerprint density at radius 3 is 1.71 bits per heavy atom. The highest BCUT2D eigenvalue weighted by atomic mass is 16.3. The van der Waals surface area contributed by atoms with Crippen LogP contribution in [0.15, 0.2) is 119 Å². The lowest BCUT2D eigenvalue weighted by Gasteiger charge is -2.32. The number of allylic oxidation sites excluding steroid dienone is 19. The second kappa shape index (κ2) is 15.2. The number of rotatable bonds is 11. The van der Waals surface area contributed by atoms with Crippen molar-refractivity contribution in [2.24, 2.45) is 5.41 Å². The molecule has 0 aromatic heterocycles. The van der Waals surface area contributed by atoms with E-state index in [1.54, 1.807) is 6.08 Å². The molecule has 38 heavy (non-hydrogen) atoms. The van der Waals surface area contributed by atoms with Crippen molar-refractivity contribution in [3.63, 3.8) is 0 Å². The SMILES string of the molecule is CC1=C(/C=C/C(C)=C/C=C/C(C)=C/C=C/C=C(C)/C=C/C=C(C)/C=C/C(=O)C(C)(C)O)C(C)(C)CCC1=O. The zero-order chi connectivity index (χ0) is 28.9. The van der Waals surface area contributed by atoms with Crippen molar-refractivity contribution in [3.8, 4) is 0 Å². The molecule has 0 aromatic rings. The van der Waals surface area contributed by atoms with E-state index in [2.05, 4.69) is 58.1 Å². The third-order valence-electron chi connectivity index (χ3n) is 6.41. The standard InChI is InChI=1S/C35H46O3/c1-26(16-12-18-28(3)20-22-31-30(5)32(36)24-25-34(31,6)7)14-10-11-15-27(2)17-13-19-29(4)21-23-33(37)35(8,9)38/h10-23,38H,24-25H2,1-9H3/b11-10+,16-12+,17-13+,22-20+,23-21+,26-14+,27-15+,28-18+,29-19+. The third-order valence-corrected chi connectivity index (χ3v) is 6.41. The highest BCUT2D eigenvalue weighted by Gasteiger charge is 2.30. The molecule has 0 spiro atoms. The van der Waals surface area contributed by atoms with Gasteiger partial charge in [0.15, 0.2) is 11.6 Å². The summed E-state index contributed by atoms with van der Waals surface area (Å²) in [5.74, 6) is -0.0554. The summed E-state index contributed by atoms with van der Waals surface area (Å²) in [5, 5.41) is 9.67. The van der Waals surface area contributed by atoms with E-state index in [1.807, 2.05) is 63.3 Å². The minimum Gasteiger partial charge on any atom is -0.382 e. The van der Waals surface area contributed by atoms with Crippen molar-refractivity contribution in [1.82, 2.24) is 0 Å². The third kappa shape index (κ3) is 12.3. The fourth-order valence-electron chi connectivity index (χ4n) is 3.72. The van der Waals surface area contributed by atoms with E-state index < -0.39 is 5.60 Å². The summed E-state index contributed by atoms with van der Waals surface area (Å²) in [6, 6.07) is 0. The molecule has 1 N–H and O–H groups in total. The van der Waals surface area contributed by atoms with E-state index in [4.69, 9.17) is 0 Å². The number of hydrogen-bond donors (Lipinski definition) is 1. The minimum absolute atomic E-state index is 0.0335. The monoisotopic (exact) mass is 514 g/mol. The van der Waals surface area contributed by atoms with Crippen molar-refractivity contribution in [2.45, 2.75) is 80.8 Å². The van der Waals surface area contributed by atoms with Gasteiger partial charge in [0.25, 0.3) is 0 Å². The summed E-state index contributed by atoms with van der Waals surface area (Å²) in [6.07, 6.45) is 29.0. The molecule has 0 aromatic carbocycles. The number of Topliss-reactive ketones (excluding diaryl/α,β-unsaturated/α-hetero) is 1. The molecule has 0 heterocycles. The highest BCUT2D eigenvalue weighted by molar-refractivity contribution is 5.97. The Hall–Kier alpha value is -3.30. The summed E-state index contributed by atoms with van der Waals surface area (Å²) in [5.41, 5.74) is 5.02. The molecule has 0 fully saturated rings. The fraction of sp³-hybridized carbons (Fsp3) is 0.371. The van der Waals surface area contributed by atoms with Gasteiger partial charge >= 0.3 is 0 Å². The Morgan fingerprint density at radius 2 is 1.21 bits per heavy atom. The van der Waals surface area contributed by atoms with E-state index in [9.17, 15) is 14.7 Å². The first-order chi connectivity index (χ1) is 17.6. The van der Waals surface area contributed by atoms with Crippen LogP contribution >= 0.6 is 0 Å². The second-order valence-electron chi connectivity index (χ2n) is 11.2. The van der Waals surface area contributed by atoms with Crippen molar-refractivity contribution < 1.29 is 14.7 Å². The van der Waals surface area contributed by atoms with Gasteiger partial charge in [-0.05, 0) is 77.5 Å². The van der Waals surface area contributed by atoms with Crippen LogP contribution in [-0.4, -0.2) is 22.3 Å². The number of aliphatic hydroxyl groups is 1. The van der Waals surface area contributed by atoms with Crippen LogP contribution in [0, 0.1) is 5.41 Å². The van der Waals surface area contributed by atoms with Gasteiger partial charge in [-0.25, -0.2) is 0 Å². The maximum absolute atomic E-state index is 12.1. The first-order valence-electron chi connectivity index (χ1n) is 13.2. The zero-order valence-electron chi connectivity index (χ0n) is 24.8. The van der Waals surface area contributed by atoms with Gasteiger partial charge in [-0.2, -0.15) is 0 Å². The quantitative estimate of drug-likeness (QED) is 0.222. The second-order valence-corrected chi connectivity index (χ2v) is 11.2. The van der Waals surface area contributed by atoms with Crippen LogP contribution in [-0.2, 0) is 9.59 Å². The lowest BCUT2D eigenvalue weighted by molar-refractivity contribution is -0.128. The summed E-state index contributed by atoms with van der Waals surface area (Å²) in [6.45, 7) is 17.4. The number of carbonyl (C=O) groups is 2. The minimum atomic E-state index is -1.35. The molecule has 3 nitrogen and oxygen atoms in total. The van der Waals surface area contributed by atoms with Crippen LogP contribution < -0.4 is 0 Å². The van der Waals surface area contributed by atoms with Gasteiger partial charge < -0.3 is 5.11 Å². The Bertz CT molecular complexity index is 1170. The topological polar surface area (TPSA) is 54.4 Å². The number of ketones is 2. The molecule has 1 aliphatic rings. The van der Waals surface area contributed by atoms with Gasteiger partial charge in [0.05, 0.1) is 0 Å². The summed E-state index contributed by atoms with van der Waals surface area (Å²) >= 11 is 0. The molecule has 0 atom stereocenters. The van der Waals surface area contributed by atoms with Crippen molar-refractivity contribution >= 4 is 11.6 Å². The molecule has 1 aliphatic carbocycles. The van der Waals surface area contributed by atoms with E-state index in [0.717, 1.165) is 39.9 Å². The molecule has 0 saturated heterocycles. The Balaban J connectivity index is 2.68. The summed E-state index contributed by atoms with van der Waals surface area (Å²) < 4.78 is 0. The van der Waals surface area contributed by atoms with Crippen LogP contribution in [0.4, 0.5) is 0 Å². The summed E-state index contributed by atoms with van der Waals surface area (Å²) in [4.78, 5) is 23.8. The Morgan fingerprint density at radius 1 is 0.763 bits per heavy atom. The molecular weight excluding hydrogens is 468 g/mol. The maximum Gasteiger partial charge on any atom is 0.186 e. The van der Waals surface area contributed by atoms with Crippen molar-refractivity contribution in [3.05, 3.63) is 119 Å². The average Bonchev–Trinajstić information content (AvgIpc) is 2.82. The smallest absolute Gasteiger partial charge is 0.186 e. The summed E-state index contributed by atoms with van der Waals surface area (Å²) in [7, 11) is 0. The molecule has 0 aliphatic heterocycles. The van der Waals surface area contributed by atoms with Crippen LogP contribution in [0.2, 0.25) is 0 Å². The molecule has 3 heteroatoms. The Kier molecular flexibility index (Phi) is 13.1. The van der Waals surface area contributed by atoms with Gasteiger partial charge in [0.2, 0.25) is 0 Å². The molecular formula is C35H46O3. The largest absolute Gasteiger partial charge is 0.382 e. The maximum atomic E-state index is 12.1. The molecule has 0 amide bonds. The predicted octanol–water partition coefficient (Wildman–Crippen LogP) is 8.60. The van der Waals surface area contributed by atoms with Gasteiger partial charge in [0, 0.05) is 6.42 Å². The van der Waals surface area contributed by atoms with E-state index >= 15 is 0 Å². The number of hydrogen-bond acceptors (Lipinski definition) is 3. The van der Waals surface area contributed by atoms with E-state index in [0.29, 0.717) is 6.42 Å². The van der Waals surface area contributed by atoms with Crippen molar-refractivity contribution in [1.29, 1.82) is 0 Å². The zero-order valence-corrected chi connectivity index (χ0v) is 24.8. The van der Waals surface area contributed by atoms with Crippen LogP contribution in [0.25, 0.3) is 0 Å². The highest BCUT2D eigenvalue weighted by Crippen LogP contribution is 2.39. The van der Waals surface area contributed by atoms with E-state index in [1.165, 1.54) is 19.9 Å². The van der Waals surface area contributed by atoms with Gasteiger partial charge in [-0.3, -0.25) is 9.59 Å². The normalized spacial score (nSPS) is 18.9. The molecule has 1 rings (SSSR count). The molecule has 0 saturated carbocycles. The molecule has 0 bridgehead atoms. The van der Waals surface area contributed by atoms with Crippen LogP contribution in [0.5, 0.6) is 0 Å². The Labute approximate surface area is 230 Å². The van der Waals surface area contributed by atoms with Gasteiger partial charge in [-0.1, -0.05) is 115 Å². The lowest BCUT2D eigenvalue weighted by atomic mass is 9.72. The first kappa shape index (κ1) is 32.7. The lowest BCUT2D eigenvalue weighted by Crippen LogP contribution is -2.29. The van der Waals surface area contributed by atoms with Crippen molar-refractivity contribution in [2.75, 3.05) is 0 Å². The van der Waals surface area contributed by atoms with E-state index in [-0.39, 0.29) is 17.0 Å². The first-order valence-corrected chi connectivity index (χ1v) is 13.2. The van der Waals surface area contributed by atoms with Crippen LogP contribution in [0.1, 0.15) is 75.2 Å². The molecule has 0 unspecified atom stereocenters. The molecule has 0 radical (unpaired) electrons. The van der Waals surface area contributed by atoms with Gasteiger partial charge in [-0.15, -0.1) is 0 Å². The van der Waals surface area contributed by atoms with Gasteiger partial charge in [0.1, 0.15) is 5.60 Å².